The molecule has 0 spiro atoms. The van der Waals surface area contributed by atoms with E-state index in [2.05, 4.69) is 132 Å². The number of hydrogen-bond acceptors (Lipinski definition) is 2. The second-order valence-electron chi connectivity index (χ2n) is 10.1. The predicted molar refractivity (Wildman–Crippen MR) is 172 cm³/mol. The molecule has 0 unspecified atom stereocenters. The summed E-state index contributed by atoms with van der Waals surface area (Å²) in [5.74, 6) is 0. The van der Waals surface area contributed by atoms with Crippen LogP contribution in [0.2, 0.25) is 0 Å². The summed E-state index contributed by atoms with van der Waals surface area (Å²) in [7, 11) is 0. The summed E-state index contributed by atoms with van der Waals surface area (Å²) in [6.07, 6.45) is 0. The van der Waals surface area contributed by atoms with Crippen LogP contribution in [0.25, 0.3) is 79.0 Å². The van der Waals surface area contributed by atoms with Crippen LogP contribution >= 0.6 is 22.7 Å². The number of aromatic nitrogens is 1. The Balaban J connectivity index is 1.27. The molecule has 0 aliphatic rings. The number of thiophene rings is 2. The van der Waals surface area contributed by atoms with Crippen LogP contribution in [-0.4, -0.2) is 4.57 Å². The topological polar surface area (TPSA) is 4.93 Å². The lowest BCUT2D eigenvalue weighted by molar-refractivity contribution is 1.20. The third-order valence-electron chi connectivity index (χ3n) is 8.01. The van der Waals surface area contributed by atoms with Gasteiger partial charge in [0.25, 0.3) is 0 Å². The van der Waals surface area contributed by atoms with Crippen molar-refractivity contribution in [3.63, 3.8) is 0 Å². The zero-order chi connectivity index (χ0) is 25.5. The second kappa shape index (κ2) is 8.03. The van der Waals surface area contributed by atoms with Gasteiger partial charge in [-0.3, -0.25) is 0 Å². The van der Waals surface area contributed by atoms with Crippen molar-refractivity contribution < 1.29 is 0 Å². The molecule has 0 saturated carbocycles. The lowest BCUT2D eigenvalue weighted by atomic mass is 10.0. The maximum atomic E-state index is 2.44. The van der Waals surface area contributed by atoms with E-state index in [9.17, 15) is 0 Å². The minimum atomic E-state index is 1.25. The lowest BCUT2D eigenvalue weighted by Gasteiger charge is -2.09. The molecule has 3 heteroatoms. The maximum Gasteiger partial charge on any atom is 0.0640 e. The van der Waals surface area contributed by atoms with Gasteiger partial charge in [-0.2, -0.15) is 0 Å². The maximum absolute atomic E-state index is 2.44. The number of rotatable bonds is 2. The Morgan fingerprint density at radius 1 is 0.385 bits per heavy atom. The van der Waals surface area contributed by atoms with Crippen molar-refractivity contribution in [1.82, 2.24) is 4.57 Å². The molecule has 1 nitrogen and oxygen atoms in total. The molecule has 0 aliphatic carbocycles. The number of nitrogens with zero attached hydrogens (tertiary/aromatic N) is 1. The number of benzene rings is 6. The highest BCUT2D eigenvalue weighted by Gasteiger charge is 2.16. The SMILES string of the molecule is c1ccc2c(c1)sc1cc(-c3ccc4sc5c(-n6c7ccccc7c7ccccc76)cccc5c4c3)ccc12. The summed E-state index contributed by atoms with van der Waals surface area (Å²) in [5.41, 5.74) is 6.29. The van der Waals surface area contributed by atoms with Crippen molar-refractivity contribution in [3.8, 4) is 16.8 Å². The fourth-order valence-electron chi connectivity index (χ4n) is 6.23. The van der Waals surface area contributed by atoms with Crippen molar-refractivity contribution in [2.24, 2.45) is 0 Å². The van der Waals surface area contributed by atoms with Crippen molar-refractivity contribution in [1.29, 1.82) is 0 Å². The molecule has 0 atom stereocenters. The van der Waals surface area contributed by atoms with Gasteiger partial charge in [0.2, 0.25) is 0 Å². The minimum Gasteiger partial charge on any atom is -0.308 e. The molecule has 0 amide bonds. The molecular formula is C36H21NS2. The zero-order valence-corrected chi connectivity index (χ0v) is 22.5. The van der Waals surface area contributed by atoms with Gasteiger partial charge in [-0.05, 0) is 53.6 Å². The third-order valence-corrected chi connectivity index (χ3v) is 10.4. The Labute approximate surface area is 232 Å². The van der Waals surface area contributed by atoms with E-state index in [0.717, 1.165) is 0 Å². The quantitative estimate of drug-likeness (QED) is 0.209. The first-order valence-electron chi connectivity index (χ1n) is 13.2. The molecule has 182 valence electrons. The molecule has 3 heterocycles. The fraction of sp³-hybridized carbons (Fsp3) is 0. The summed E-state index contributed by atoms with van der Waals surface area (Å²) in [5, 5.41) is 7.93. The van der Waals surface area contributed by atoms with Crippen molar-refractivity contribution in [3.05, 3.63) is 127 Å². The molecule has 0 saturated heterocycles. The summed E-state index contributed by atoms with van der Waals surface area (Å²) in [6, 6.07) is 46.9. The summed E-state index contributed by atoms with van der Waals surface area (Å²) < 4.78 is 7.79. The molecule has 0 fully saturated rings. The van der Waals surface area contributed by atoms with Crippen molar-refractivity contribution in [2.45, 2.75) is 0 Å². The van der Waals surface area contributed by atoms with Gasteiger partial charge in [0.05, 0.1) is 21.4 Å². The van der Waals surface area contributed by atoms with E-state index in [1.807, 2.05) is 22.7 Å². The fourth-order valence-corrected chi connectivity index (χ4v) is 8.56. The first-order chi connectivity index (χ1) is 19.3. The van der Waals surface area contributed by atoms with Crippen LogP contribution in [0.3, 0.4) is 0 Å². The third kappa shape index (κ3) is 3.06. The van der Waals surface area contributed by atoms with E-state index in [1.54, 1.807) is 0 Å². The Hall–Kier alpha value is -4.44. The van der Waals surface area contributed by atoms with E-state index in [4.69, 9.17) is 0 Å². The average molecular weight is 532 g/mol. The van der Waals surface area contributed by atoms with Crippen LogP contribution in [0.5, 0.6) is 0 Å². The number of fused-ring (bicyclic) bond motifs is 9. The van der Waals surface area contributed by atoms with Gasteiger partial charge in [-0.15, -0.1) is 22.7 Å². The van der Waals surface area contributed by atoms with Gasteiger partial charge in [0, 0.05) is 46.4 Å². The van der Waals surface area contributed by atoms with Gasteiger partial charge in [-0.1, -0.05) is 84.9 Å². The van der Waals surface area contributed by atoms with Crippen LogP contribution < -0.4 is 0 Å². The van der Waals surface area contributed by atoms with E-state index >= 15 is 0 Å². The number of hydrogen-bond donors (Lipinski definition) is 0. The van der Waals surface area contributed by atoms with Crippen molar-refractivity contribution in [2.75, 3.05) is 0 Å². The molecular weight excluding hydrogens is 511 g/mol. The molecule has 9 aromatic rings. The Kier molecular flexibility index (Phi) is 4.43. The van der Waals surface area contributed by atoms with Crippen LogP contribution in [0.1, 0.15) is 0 Å². The van der Waals surface area contributed by atoms with Crippen LogP contribution in [-0.2, 0) is 0 Å². The Bertz CT molecular complexity index is 2350. The summed E-state index contributed by atoms with van der Waals surface area (Å²) in [4.78, 5) is 0. The normalized spacial score (nSPS) is 12.1. The first kappa shape index (κ1) is 21.5. The van der Waals surface area contributed by atoms with Gasteiger partial charge in [-0.25, -0.2) is 0 Å². The van der Waals surface area contributed by atoms with E-state index in [1.165, 1.54) is 79.0 Å². The first-order valence-corrected chi connectivity index (χ1v) is 14.8. The van der Waals surface area contributed by atoms with Gasteiger partial charge in [0.1, 0.15) is 0 Å². The molecule has 0 aliphatic heterocycles. The molecule has 6 aromatic carbocycles. The Morgan fingerprint density at radius 3 is 1.82 bits per heavy atom. The van der Waals surface area contributed by atoms with E-state index in [0.29, 0.717) is 0 Å². The van der Waals surface area contributed by atoms with Gasteiger partial charge in [0.15, 0.2) is 0 Å². The predicted octanol–water partition coefficient (Wildman–Crippen LogP) is 11.2. The van der Waals surface area contributed by atoms with Gasteiger partial charge >= 0.3 is 0 Å². The smallest absolute Gasteiger partial charge is 0.0640 e. The second-order valence-corrected chi connectivity index (χ2v) is 12.3. The van der Waals surface area contributed by atoms with E-state index < -0.39 is 0 Å². The minimum absolute atomic E-state index is 1.25. The molecule has 0 bridgehead atoms. The summed E-state index contributed by atoms with van der Waals surface area (Å²) >= 11 is 3.77. The molecule has 0 radical (unpaired) electrons. The largest absolute Gasteiger partial charge is 0.308 e. The molecule has 9 rings (SSSR count). The Morgan fingerprint density at radius 2 is 1.00 bits per heavy atom. The number of para-hydroxylation sites is 2. The average Bonchev–Trinajstić information content (AvgIpc) is 3.66. The highest BCUT2D eigenvalue weighted by molar-refractivity contribution is 7.26. The monoisotopic (exact) mass is 531 g/mol. The highest BCUT2D eigenvalue weighted by Crippen LogP contribution is 2.42. The highest BCUT2D eigenvalue weighted by atomic mass is 32.1. The molecule has 39 heavy (non-hydrogen) atoms. The lowest BCUT2D eigenvalue weighted by Crippen LogP contribution is -1.93. The molecule has 0 N–H and O–H groups in total. The van der Waals surface area contributed by atoms with Crippen LogP contribution in [0.4, 0.5) is 0 Å². The van der Waals surface area contributed by atoms with Crippen LogP contribution in [0.15, 0.2) is 127 Å². The van der Waals surface area contributed by atoms with Crippen LogP contribution in [0, 0.1) is 0 Å². The standard InChI is InChI=1S/C36H21NS2/c1-4-12-30-24(8-1)25-9-2-5-13-31(25)37(30)32-14-7-11-28-29-20-22(17-19-34(29)39-36(28)32)23-16-18-27-26-10-3-6-15-33(26)38-35(27)21-23/h1-21H. The van der Waals surface area contributed by atoms with Gasteiger partial charge < -0.3 is 4.57 Å². The van der Waals surface area contributed by atoms with Crippen molar-refractivity contribution >= 4 is 84.8 Å². The summed E-state index contributed by atoms with van der Waals surface area (Å²) in [6.45, 7) is 0. The van der Waals surface area contributed by atoms with E-state index in [-0.39, 0.29) is 0 Å². The molecule has 3 aromatic heterocycles. The zero-order valence-electron chi connectivity index (χ0n) is 20.9.